The molecular weight excluding hydrogens is 315 g/mol. The van der Waals surface area contributed by atoms with Crippen LogP contribution in [0.2, 0.25) is 0 Å². The van der Waals surface area contributed by atoms with Gasteiger partial charge in [-0.05, 0) is 30.7 Å². The van der Waals surface area contributed by atoms with Crippen LogP contribution < -0.4 is 5.73 Å². The van der Waals surface area contributed by atoms with E-state index in [1.54, 1.807) is 16.7 Å². The van der Waals surface area contributed by atoms with Crippen molar-refractivity contribution < 1.29 is 9.50 Å². The number of benzene rings is 1. The molecule has 0 aliphatic heterocycles. The minimum atomic E-state index is -0.389. The van der Waals surface area contributed by atoms with Crippen LogP contribution in [0.25, 0.3) is 5.69 Å². The van der Waals surface area contributed by atoms with Gasteiger partial charge in [0.05, 0.1) is 12.6 Å². The molecule has 0 amide bonds. The summed E-state index contributed by atoms with van der Waals surface area (Å²) in [6.45, 7) is 2.16. The molecule has 1 aromatic carbocycles. The number of nitrogens with two attached hydrogens (primary N) is 1. The minimum absolute atomic E-state index is 0. The first-order valence-electron chi connectivity index (χ1n) is 6.36. The van der Waals surface area contributed by atoms with Crippen molar-refractivity contribution in [1.82, 2.24) is 14.8 Å². The monoisotopic (exact) mass is 332 g/mol. The smallest absolute Gasteiger partial charge is 0.195 e. The fourth-order valence-corrected chi connectivity index (χ4v) is 2.68. The number of aliphatic hydroxyl groups excluding tert-OH is 1. The normalized spacial score (nSPS) is 12.0. The van der Waals surface area contributed by atoms with Crippen LogP contribution in [-0.4, -0.2) is 31.7 Å². The standard InChI is InChI=1S/C13H17FN4OS.ClH/c1-2-11(19)8-20-13-17-16-12(7-15)18(13)10-5-3-9(14)4-6-10;/h3-6,11,19H,2,7-8,15H2,1H3;1H. The zero-order chi connectivity index (χ0) is 14.5. The van der Waals surface area contributed by atoms with Crippen molar-refractivity contribution in [2.45, 2.75) is 31.1 Å². The summed E-state index contributed by atoms with van der Waals surface area (Å²) >= 11 is 1.41. The van der Waals surface area contributed by atoms with Crippen LogP contribution in [0.3, 0.4) is 0 Å². The Morgan fingerprint density at radius 1 is 1.33 bits per heavy atom. The van der Waals surface area contributed by atoms with Crippen LogP contribution >= 0.6 is 24.2 Å². The van der Waals surface area contributed by atoms with E-state index in [2.05, 4.69) is 10.2 Å². The summed E-state index contributed by atoms with van der Waals surface area (Å²) in [5.74, 6) is 0.831. The first-order chi connectivity index (χ1) is 9.65. The molecular formula is C13H18ClFN4OS. The molecule has 5 nitrogen and oxygen atoms in total. The molecule has 1 aromatic heterocycles. The van der Waals surface area contributed by atoms with E-state index in [1.807, 2.05) is 6.92 Å². The fourth-order valence-electron chi connectivity index (χ4n) is 1.66. The molecule has 2 rings (SSSR count). The maximum atomic E-state index is 13.0. The Hall–Kier alpha value is -1.15. The molecule has 0 radical (unpaired) electrons. The molecule has 0 fully saturated rings. The highest BCUT2D eigenvalue weighted by molar-refractivity contribution is 7.99. The summed E-state index contributed by atoms with van der Waals surface area (Å²) in [6.07, 6.45) is 0.293. The van der Waals surface area contributed by atoms with Gasteiger partial charge in [-0.15, -0.1) is 22.6 Å². The Morgan fingerprint density at radius 3 is 2.57 bits per heavy atom. The number of halogens is 2. The van der Waals surface area contributed by atoms with Gasteiger partial charge in [-0.1, -0.05) is 18.7 Å². The molecule has 3 N–H and O–H groups in total. The van der Waals surface area contributed by atoms with Gasteiger partial charge in [0.1, 0.15) is 5.82 Å². The maximum Gasteiger partial charge on any atom is 0.195 e. The quantitative estimate of drug-likeness (QED) is 0.793. The predicted molar refractivity (Wildman–Crippen MR) is 83.5 cm³/mol. The molecule has 116 valence electrons. The molecule has 1 heterocycles. The van der Waals surface area contributed by atoms with Crippen molar-refractivity contribution in [1.29, 1.82) is 0 Å². The van der Waals surface area contributed by atoms with Gasteiger partial charge in [-0.3, -0.25) is 4.57 Å². The SMILES string of the molecule is CCC(O)CSc1nnc(CN)n1-c1ccc(F)cc1.Cl. The van der Waals surface area contributed by atoms with Crippen LogP contribution in [0.5, 0.6) is 0 Å². The van der Waals surface area contributed by atoms with Gasteiger partial charge < -0.3 is 10.8 Å². The van der Waals surface area contributed by atoms with Crippen molar-refractivity contribution in [3.05, 3.63) is 35.9 Å². The van der Waals surface area contributed by atoms with E-state index >= 15 is 0 Å². The van der Waals surface area contributed by atoms with Gasteiger partial charge in [0.15, 0.2) is 11.0 Å². The lowest BCUT2D eigenvalue weighted by atomic mass is 10.3. The van der Waals surface area contributed by atoms with Gasteiger partial charge in [-0.25, -0.2) is 4.39 Å². The number of hydrogen-bond donors (Lipinski definition) is 2. The van der Waals surface area contributed by atoms with E-state index in [0.717, 1.165) is 5.69 Å². The van der Waals surface area contributed by atoms with E-state index in [1.165, 1.54) is 23.9 Å². The molecule has 0 aliphatic rings. The highest BCUT2D eigenvalue weighted by atomic mass is 35.5. The van der Waals surface area contributed by atoms with Gasteiger partial charge >= 0.3 is 0 Å². The number of aliphatic hydroxyl groups is 1. The van der Waals surface area contributed by atoms with Gasteiger partial charge in [0, 0.05) is 11.4 Å². The van der Waals surface area contributed by atoms with Crippen LogP contribution in [0.15, 0.2) is 29.4 Å². The summed E-state index contributed by atoms with van der Waals surface area (Å²) in [5, 5.41) is 18.4. The zero-order valence-corrected chi connectivity index (χ0v) is 13.2. The molecule has 1 atom stereocenters. The van der Waals surface area contributed by atoms with Crippen LogP contribution in [0, 0.1) is 5.82 Å². The molecule has 0 saturated carbocycles. The highest BCUT2D eigenvalue weighted by Crippen LogP contribution is 2.23. The van der Waals surface area contributed by atoms with Crippen LogP contribution in [-0.2, 0) is 6.54 Å². The van der Waals surface area contributed by atoms with Crippen molar-refractivity contribution in [3.63, 3.8) is 0 Å². The second-order valence-electron chi connectivity index (χ2n) is 4.29. The molecule has 0 saturated heterocycles. The predicted octanol–water partition coefficient (Wildman–Crippen LogP) is 2.15. The van der Waals surface area contributed by atoms with Gasteiger partial charge in [-0.2, -0.15) is 0 Å². The third-order valence-corrected chi connectivity index (χ3v) is 3.92. The maximum absolute atomic E-state index is 13.0. The first kappa shape index (κ1) is 17.9. The average molecular weight is 333 g/mol. The molecule has 0 aliphatic carbocycles. The lowest BCUT2D eigenvalue weighted by Crippen LogP contribution is -2.10. The summed E-state index contributed by atoms with van der Waals surface area (Å²) in [5.41, 5.74) is 6.41. The summed E-state index contributed by atoms with van der Waals surface area (Å²) < 4.78 is 14.8. The first-order valence-corrected chi connectivity index (χ1v) is 7.35. The molecule has 1 unspecified atom stereocenters. The third-order valence-electron chi connectivity index (χ3n) is 2.84. The summed E-state index contributed by atoms with van der Waals surface area (Å²) in [6, 6.07) is 6.06. The number of rotatable bonds is 6. The van der Waals surface area contributed by atoms with E-state index in [0.29, 0.717) is 23.2 Å². The largest absolute Gasteiger partial charge is 0.392 e. The van der Waals surface area contributed by atoms with E-state index in [9.17, 15) is 9.50 Å². The number of hydrogen-bond acceptors (Lipinski definition) is 5. The topological polar surface area (TPSA) is 77.0 Å². The van der Waals surface area contributed by atoms with E-state index < -0.39 is 0 Å². The second kappa shape index (κ2) is 8.33. The lowest BCUT2D eigenvalue weighted by molar-refractivity contribution is 0.195. The Labute approximate surface area is 133 Å². The number of thioether (sulfide) groups is 1. The number of nitrogens with zero attached hydrogens (tertiary/aromatic N) is 3. The Kier molecular flexibility index (Phi) is 7.10. The third kappa shape index (κ3) is 4.41. The lowest BCUT2D eigenvalue weighted by Gasteiger charge is -2.10. The molecule has 0 bridgehead atoms. The summed E-state index contributed by atoms with van der Waals surface area (Å²) in [4.78, 5) is 0. The fraction of sp³-hybridized carbons (Fsp3) is 0.385. The van der Waals surface area contributed by atoms with Crippen molar-refractivity contribution in [2.24, 2.45) is 5.73 Å². The molecule has 2 aromatic rings. The minimum Gasteiger partial charge on any atom is -0.392 e. The Morgan fingerprint density at radius 2 is 2.00 bits per heavy atom. The summed E-state index contributed by atoms with van der Waals surface area (Å²) in [7, 11) is 0. The van der Waals surface area contributed by atoms with Crippen LogP contribution in [0.4, 0.5) is 4.39 Å². The van der Waals surface area contributed by atoms with Crippen LogP contribution in [0.1, 0.15) is 19.2 Å². The van der Waals surface area contributed by atoms with E-state index in [-0.39, 0.29) is 30.9 Å². The Balaban J connectivity index is 0.00000220. The van der Waals surface area contributed by atoms with Crippen molar-refractivity contribution in [3.8, 4) is 5.69 Å². The van der Waals surface area contributed by atoms with Crippen molar-refractivity contribution >= 4 is 24.2 Å². The highest BCUT2D eigenvalue weighted by Gasteiger charge is 2.14. The zero-order valence-electron chi connectivity index (χ0n) is 11.6. The number of aromatic nitrogens is 3. The second-order valence-corrected chi connectivity index (χ2v) is 5.27. The molecule has 0 spiro atoms. The average Bonchev–Trinajstić information content (AvgIpc) is 2.88. The molecule has 21 heavy (non-hydrogen) atoms. The van der Waals surface area contributed by atoms with Gasteiger partial charge in [0.2, 0.25) is 0 Å². The molecule has 8 heteroatoms. The van der Waals surface area contributed by atoms with Gasteiger partial charge in [0.25, 0.3) is 0 Å². The Bertz CT molecular complexity index is 564. The van der Waals surface area contributed by atoms with E-state index in [4.69, 9.17) is 5.73 Å². The van der Waals surface area contributed by atoms with Crippen molar-refractivity contribution in [2.75, 3.05) is 5.75 Å².